The Kier molecular flexibility index (Phi) is 28.9. The number of carbonyl (C=O) groups excluding carboxylic acids is 1. The molecule has 4 heteroatoms. The van der Waals surface area contributed by atoms with Crippen molar-refractivity contribution in [3.63, 3.8) is 0 Å². The van der Waals surface area contributed by atoms with Gasteiger partial charge >= 0.3 is 29.6 Å². The van der Waals surface area contributed by atoms with Crippen LogP contribution in [0.3, 0.4) is 0 Å². The van der Waals surface area contributed by atoms with E-state index >= 15 is 0 Å². The zero-order valence-electron chi connectivity index (χ0n) is 21.9. The third-order valence-electron chi connectivity index (χ3n) is 6.47. The molecule has 1 unspecified atom stereocenters. The predicted octanol–water partition coefficient (Wildman–Crippen LogP) is 4.27. The average Bonchev–Trinajstić information content (AvgIpc) is 2.73. The maximum absolute atomic E-state index is 10.6. The van der Waals surface area contributed by atoms with Gasteiger partial charge in [0.1, 0.15) is 0 Å². The largest absolute Gasteiger partial charge is 1.00 e. The van der Waals surface area contributed by atoms with Crippen LogP contribution in [0.25, 0.3) is 0 Å². The van der Waals surface area contributed by atoms with E-state index in [1.54, 1.807) is 0 Å². The van der Waals surface area contributed by atoms with E-state index in [1.807, 2.05) is 0 Å². The van der Waals surface area contributed by atoms with E-state index in [9.17, 15) is 9.90 Å². The van der Waals surface area contributed by atoms with Crippen molar-refractivity contribution in [1.82, 2.24) is 4.90 Å². The summed E-state index contributed by atoms with van der Waals surface area (Å²) < 4.78 is 0. The number of carbonyl (C=O) groups is 1. The van der Waals surface area contributed by atoms with Crippen LogP contribution in [0.1, 0.15) is 149 Å². The molecule has 180 valence electrons. The standard InChI is InChI=1S/C27H55NO2.Na/c1-4-6-8-10-12-14-16-20-24-28(26(3)22-18-19-23-27(29)30)25-21-17-15-13-11-9-7-5-2;/h26H,4-25H2,1-3H3,(H,29,30);/q;+1/p-1. The monoisotopic (exact) mass is 447 g/mol. The number of rotatable bonds is 24. The van der Waals surface area contributed by atoms with E-state index in [0.29, 0.717) is 6.04 Å². The van der Waals surface area contributed by atoms with E-state index in [2.05, 4.69) is 25.7 Å². The molecule has 0 rings (SSSR count). The van der Waals surface area contributed by atoms with Crippen molar-refractivity contribution in [3.05, 3.63) is 0 Å². The van der Waals surface area contributed by atoms with Crippen LogP contribution in [-0.4, -0.2) is 30.0 Å². The molecule has 0 amide bonds. The molecule has 0 aromatic rings. The van der Waals surface area contributed by atoms with Crippen LogP contribution in [0.4, 0.5) is 0 Å². The average molecular weight is 448 g/mol. The van der Waals surface area contributed by atoms with Crippen molar-refractivity contribution in [2.75, 3.05) is 13.1 Å². The first-order valence-electron chi connectivity index (χ1n) is 13.6. The van der Waals surface area contributed by atoms with Crippen molar-refractivity contribution in [1.29, 1.82) is 0 Å². The molecule has 0 radical (unpaired) electrons. The molecule has 0 saturated carbocycles. The number of carboxylic acids is 1. The van der Waals surface area contributed by atoms with Gasteiger partial charge in [0, 0.05) is 12.0 Å². The van der Waals surface area contributed by atoms with Crippen molar-refractivity contribution < 1.29 is 39.5 Å². The number of unbranched alkanes of at least 4 members (excludes halogenated alkanes) is 15. The fourth-order valence-corrected chi connectivity index (χ4v) is 4.34. The topological polar surface area (TPSA) is 43.4 Å². The van der Waals surface area contributed by atoms with Crippen molar-refractivity contribution >= 4 is 5.97 Å². The third kappa shape index (κ3) is 24.9. The molecule has 0 aliphatic carbocycles. The Labute approximate surface area is 217 Å². The molecule has 0 spiro atoms. The van der Waals surface area contributed by atoms with Gasteiger partial charge in [0.15, 0.2) is 0 Å². The second kappa shape index (κ2) is 26.7. The first kappa shape index (κ1) is 33.6. The molecule has 0 saturated heterocycles. The fourth-order valence-electron chi connectivity index (χ4n) is 4.34. The first-order valence-corrected chi connectivity index (χ1v) is 13.6. The minimum Gasteiger partial charge on any atom is -0.550 e. The molecular weight excluding hydrogens is 393 g/mol. The third-order valence-corrected chi connectivity index (χ3v) is 6.47. The van der Waals surface area contributed by atoms with Gasteiger partial charge in [-0.3, -0.25) is 0 Å². The van der Waals surface area contributed by atoms with E-state index in [0.717, 1.165) is 19.3 Å². The van der Waals surface area contributed by atoms with E-state index < -0.39 is 5.97 Å². The van der Waals surface area contributed by atoms with Crippen LogP contribution in [0.5, 0.6) is 0 Å². The van der Waals surface area contributed by atoms with Crippen LogP contribution < -0.4 is 34.7 Å². The van der Waals surface area contributed by atoms with E-state index in [-0.39, 0.29) is 36.0 Å². The molecule has 0 heterocycles. The zero-order valence-corrected chi connectivity index (χ0v) is 23.9. The smallest absolute Gasteiger partial charge is 0.550 e. The zero-order chi connectivity index (χ0) is 22.3. The summed E-state index contributed by atoms with van der Waals surface area (Å²) in [6.07, 6.45) is 25.1. The number of carboxylic acid groups (broad SMARTS) is 1. The second-order valence-corrected chi connectivity index (χ2v) is 9.45. The van der Waals surface area contributed by atoms with Gasteiger partial charge in [-0.1, -0.05) is 110 Å². The summed E-state index contributed by atoms with van der Waals surface area (Å²) in [5.41, 5.74) is 0. The Hall–Kier alpha value is 0.430. The molecule has 0 N–H and O–H groups in total. The molecule has 0 aromatic carbocycles. The molecule has 0 aliphatic rings. The summed E-state index contributed by atoms with van der Waals surface area (Å²) in [6, 6.07) is 0.570. The van der Waals surface area contributed by atoms with E-state index in [4.69, 9.17) is 0 Å². The van der Waals surface area contributed by atoms with Gasteiger partial charge in [0.05, 0.1) is 0 Å². The summed E-state index contributed by atoms with van der Waals surface area (Å²) >= 11 is 0. The molecule has 1 atom stereocenters. The van der Waals surface area contributed by atoms with Gasteiger partial charge in [-0.05, 0) is 52.1 Å². The molecule has 0 bridgehead atoms. The molecule has 31 heavy (non-hydrogen) atoms. The fraction of sp³-hybridized carbons (Fsp3) is 0.963. The molecule has 0 aromatic heterocycles. The summed E-state index contributed by atoms with van der Waals surface area (Å²) in [5.74, 6) is -0.905. The Morgan fingerprint density at radius 3 is 1.42 bits per heavy atom. The number of aliphatic carboxylic acids is 1. The van der Waals surface area contributed by atoms with E-state index in [1.165, 1.54) is 116 Å². The Morgan fingerprint density at radius 1 is 0.645 bits per heavy atom. The first-order chi connectivity index (χ1) is 14.6. The van der Waals surface area contributed by atoms with Crippen LogP contribution in [0.2, 0.25) is 0 Å². The Morgan fingerprint density at radius 2 is 1.03 bits per heavy atom. The molecule has 3 nitrogen and oxygen atoms in total. The van der Waals surface area contributed by atoms with Crippen LogP contribution in [-0.2, 0) is 4.79 Å². The Balaban J connectivity index is 0. The summed E-state index contributed by atoms with van der Waals surface area (Å²) in [6.45, 7) is 9.33. The van der Waals surface area contributed by atoms with Crippen LogP contribution in [0, 0.1) is 0 Å². The molecular formula is C27H54NNaO2. The normalized spacial score (nSPS) is 12.1. The molecule has 0 aliphatic heterocycles. The number of hydrogen-bond acceptors (Lipinski definition) is 3. The maximum atomic E-state index is 10.6. The van der Waals surface area contributed by atoms with Gasteiger partial charge in [0.25, 0.3) is 0 Å². The van der Waals surface area contributed by atoms with Crippen LogP contribution in [0.15, 0.2) is 0 Å². The minimum absolute atomic E-state index is 0. The van der Waals surface area contributed by atoms with Crippen LogP contribution >= 0.6 is 0 Å². The second-order valence-electron chi connectivity index (χ2n) is 9.45. The Bertz CT molecular complexity index is 345. The van der Waals surface area contributed by atoms with Gasteiger partial charge in [-0.15, -0.1) is 0 Å². The van der Waals surface area contributed by atoms with Crippen molar-refractivity contribution in [3.8, 4) is 0 Å². The summed E-state index contributed by atoms with van der Waals surface area (Å²) in [5, 5.41) is 10.6. The van der Waals surface area contributed by atoms with Gasteiger partial charge in [-0.2, -0.15) is 0 Å². The predicted molar refractivity (Wildman–Crippen MR) is 130 cm³/mol. The molecule has 0 fully saturated rings. The van der Waals surface area contributed by atoms with Gasteiger partial charge in [-0.25, -0.2) is 0 Å². The number of nitrogens with zero attached hydrogens (tertiary/aromatic N) is 1. The minimum atomic E-state index is -0.905. The van der Waals surface area contributed by atoms with Crippen molar-refractivity contribution in [2.45, 2.75) is 155 Å². The van der Waals surface area contributed by atoms with Crippen molar-refractivity contribution in [2.24, 2.45) is 0 Å². The van der Waals surface area contributed by atoms with Gasteiger partial charge in [0.2, 0.25) is 0 Å². The maximum Gasteiger partial charge on any atom is 1.00 e. The SMILES string of the molecule is CCCCCCCCCCN(CCCCCCCCCC)C(C)CCCCC(=O)[O-].[Na+]. The number of hydrogen-bond donors (Lipinski definition) is 0. The summed E-state index contributed by atoms with van der Waals surface area (Å²) in [7, 11) is 0. The van der Waals surface area contributed by atoms with Gasteiger partial charge < -0.3 is 14.8 Å². The summed E-state index contributed by atoms with van der Waals surface area (Å²) in [4.78, 5) is 13.3. The quantitative estimate of drug-likeness (QED) is 0.164.